The molecule has 5 heteroatoms. The van der Waals surface area contributed by atoms with Gasteiger partial charge in [0.1, 0.15) is 6.26 Å². The Kier molecular flexibility index (Phi) is 4.98. The summed E-state index contributed by atoms with van der Waals surface area (Å²) < 4.78 is 5.35. The van der Waals surface area contributed by atoms with Crippen LogP contribution in [0, 0.1) is 19.8 Å². The minimum absolute atomic E-state index is 0.243. The minimum Gasteiger partial charge on any atom is -0.446 e. The predicted octanol–water partition coefficient (Wildman–Crippen LogP) is 3.59. The Balaban J connectivity index is 2.10. The van der Waals surface area contributed by atoms with Crippen LogP contribution in [0.5, 0.6) is 0 Å². The van der Waals surface area contributed by atoms with Crippen LogP contribution in [0.1, 0.15) is 53.8 Å². The molecule has 22 heavy (non-hydrogen) atoms. The molecule has 0 saturated heterocycles. The predicted molar refractivity (Wildman–Crippen MR) is 86.8 cm³/mol. The van der Waals surface area contributed by atoms with Crippen LogP contribution < -0.4 is 11.1 Å². The molecule has 0 aliphatic heterocycles. The number of hydrogen-bond donors (Lipinski definition) is 2. The van der Waals surface area contributed by atoms with E-state index in [1.54, 1.807) is 0 Å². The Morgan fingerprint density at radius 2 is 2.09 bits per heavy atom. The third-order valence-electron chi connectivity index (χ3n) is 4.06. The van der Waals surface area contributed by atoms with E-state index in [2.05, 4.69) is 17.2 Å². The van der Waals surface area contributed by atoms with Crippen LogP contribution in [-0.4, -0.2) is 10.9 Å². The molecule has 0 aliphatic carbocycles. The van der Waals surface area contributed by atoms with Crippen LogP contribution in [0.4, 0.5) is 5.69 Å². The van der Waals surface area contributed by atoms with E-state index < -0.39 is 0 Å². The van der Waals surface area contributed by atoms with E-state index in [1.807, 2.05) is 39.0 Å². The number of rotatable bonds is 5. The van der Waals surface area contributed by atoms with Gasteiger partial charge in [-0.15, -0.1) is 0 Å². The number of amides is 1. The Hall–Kier alpha value is -2.14. The summed E-state index contributed by atoms with van der Waals surface area (Å²) in [7, 11) is 0. The van der Waals surface area contributed by atoms with Crippen molar-refractivity contribution in [1.82, 2.24) is 4.98 Å². The van der Waals surface area contributed by atoms with E-state index >= 15 is 0 Å². The molecule has 2 aromatic rings. The summed E-state index contributed by atoms with van der Waals surface area (Å²) in [6.07, 6.45) is 2.28. The molecular formula is C17H23N3O2. The molecule has 2 rings (SSSR count). The fraction of sp³-hybridized carbons (Fsp3) is 0.412. The van der Waals surface area contributed by atoms with Crippen molar-refractivity contribution in [2.24, 2.45) is 11.7 Å². The maximum Gasteiger partial charge on any atom is 0.277 e. The van der Waals surface area contributed by atoms with Gasteiger partial charge in [-0.05, 0) is 43.0 Å². The SMILES string of the molecule is CCC(C)C(N)c1nc(C(=O)Nc2ccc(C)c(C)c2)co1. The second-order valence-corrected chi connectivity index (χ2v) is 5.74. The van der Waals surface area contributed by atoms with Crippen LogP contribution in [0.2, 0.25) is 0 Å². The number of anilines is 1. The third-order valence-corrected chi connectivity index (χ3v) is 4.06. The van der Waals surface area contributed by atoms with Crippen molar-refractivity contribution in [1.29, 1.82) is 0 Å². The molecule has 2 atom stereocenters. The number of nitrogens with one attached hydrogen (secondary N) is 1. The van der Waals surface area contributed by atoms with Gasteiger partial charge in [-0.3, -0.25) is 4.79 Å². The van der Waals surface area contributed by atoms with E-state index in [0.717, 1.165) is 17.7 Å². The smallest absolute Gasteiger partial charge is 0.277 e. The van der Waals surface area contributed by atoms with E-state index in [1.165, 1.54) is 11.8 Å². The standard InChI is InChI=1S/C17H23N3O2/c1-5-10(2)15(18)17-20-14(9-22-17)16(21)19-13-7-6-11(3)12(4)8-13/h6-10,15H,5,18H2,1-4H3,(H,19,21). The summed E-state index contributed by atoms with van der Waals surface area (Å²) >= 11 is 0. The van der Waals surface area contributed by atoms with Crippen LogP contribution in [0.3, 0.4) is 0 Å². The van der Waals surface area contributed by atoms with Gasteiger partial charge in [0.25, 0.3) is 5.91 Å². The van der Waals surface area contributed by atoms with Crippen molar-refractivity contribution in [3.8, 4) is 0 Å². The maximum atomic E-state index is 12.2. The normalized spacial score (nSPS) is 13.7. The fourth-order valence-corrected chi connectivity index (χ4v) is 2.06. The van der Waals surface area contributed by atoms with Gasteiger partial charge in [0.15, 0.2) is 5.69 Å². The Bertz CT molecular complexity index is 664. The van der Waals surface area contributed by atoms with Gasteiger partial charge in [-0.25, -0.2) is 4.98 Å². The van der Waals surface area contributed by atoms with Crippen molar-refractivity contribution < 1.29 is 9.21 Å². The van der Waals surface area contributed by atoms with Gasteiger partial charge < -0.3 is 15.5 Å². The maximum absolute atomic E-state index is 12.2. The molecule has 1 aromatic heterocycles. The lowest BCUT2D eigenvalue weighted by Gasteiger charge is -2.13. The largest absolute Gasteiger partial charge is 0.446 e. The first kappa shape index (κ1) is 16.2. The summed E-state index contributed by atoms with van der Waals surface area (Å²) in [6.45, 7) is 8.12. The Morgan fingerprint density at radius 3 is 2.73 bits per heavy atom. The quantitative estimate of drug-likeness (QED) is 0.884. The average molecular weight is 301 g/mol. The molecule has 0 aliphatic rings. The Morgan fingerprint density at radius 1 is 1.36 bits per heavy atom. The number of carbonyl (C=O) groups excluding carboxylic acids is 1. The lowest BCUT2D eigenvalue weighted by Crippen LogP contribution is -2.19. The molecule has 0 bridgehead atoms. The van der Waals surface area contributed by atoms with Crippen LogP contribution >= 0.6 is 0 Å². The number of hydrogen-bond acceptors (Lipinski definition) is 4. The van der Waals surface area contributed by atoms with Crippen LogP contribution in [0.25, 0.3) is 0 Å². The van der Waals surface area contributed by atoms with E-state index in [0.29, 0.717) is 5.89 Å². The molecule has 118 valence electrons. The molecule has 0 saturated carbocycles. The van der Waals surface area contributed by atoms with E-state index in [4.69, 9.17) is 10.2 Å². The number of nitrogens with two attached hydrogens (primary N) is 1. The zero-order chi connectivity index (χ0) is 16.3. The number of carbonyl (C=O) groups is 1. The minimum atomic E-state index is -0.298. The molecule has 1 amide bonds. The number of aryl methyl sites for hydroxylation is 2. The Labute approximate surface area is 130 Å². The van der Waals surface area contributed by atoms with E-state index in [-0.39, 0.29) is 23.6 Å². The zero-order valence-electron chi connectivity index (χ0n) is 13.5. The lowest BCUT2D eigenvalue weighted by atomic mass is 10.0. The zero-order valence-corrected chi connectivity index (χ0v) is 13.5. The highest BCUT2D eigenvalue weighted by atomic mass is 16.3. The molecule has 0 fully saturated rings. The number of oxazole rings is 1. The first-order chi connectivity index (χ1) is 10.4. The highest BCUT2D eigenvalue weighted by molar-refractivity contribution is 6.02. The molecule has 5 nitrogen and oxygen atoms in total. The van der Waals surface area contributed by atoms with Crippen molar-refractivity contribution in [3.63, 3.8) is 0 Å². The van der Waals surface area contributed by atoms with Gasteiger partial charge in [-0.2, -0.15) is 0 Å². The molecule has 3 N–H and O–H groups in total. The first-order valence-corrected chi connectivity index (χ1v) is 7.52. The summed E-state index contributed by atoms with van der Waals surface area (Å²) in [5.41, 5.74) is 9.35. The van der Waals surface area contributed by atoms with Gasteiger partial charge >= 0.3 is 0 Å². The summed E-state index contributed by atoms with van der Waals surface area (Å²) in [4.78, 5) is 16.4. The van der Waals surface area contributed by atoms with Crippen molar-refractivity contribution >= 4 is 11.6 Å². The number of aromatic nitrogens is 1. The summed E-state index contributed by atoms with van der Waals surface area (Å²) in [5.74, 6) is 0.350. The van der Waals surface area contributed by atoms with Crippen molar-refractivity contribution in [2.45, 2.75) is 40.2 Å². The number of nitrogens with zero attached hydrogens (tertiary/aromatic N) is 1. The van der Waals surface area contributed by atoms with Gasteiger partial charge in [-0.1, -0.05) is 26.3 Å². The summed E-state index contributed by atoms with van der Waals surface area (Å²) in [6, 6.07) is 5.47. The van der Waals surface area contributed by atoms with Gasteiger partial charge in [0.05, 0.1) is 6.04 Å². The highest BCUT2D eigenvalue weighted by Gasteiger charge is 2.21. The third kappa shape index (κ3) is 3.54. The van der Waals surface area contributed by atoms with Crippen molar-refractivity contribution in [3.05, 3.63) is 47.2 Å². The van der Waals surface area contributed by atoms with Crippen molar-refractivity contribution in [2.75, 3.05) is 5.32 Å². The molecule has 2 unspecified atom stereocenters. The molecule has 0 radical (unpaired) electrons. The number of benzene rings is 1. The molecular weight excluding hydrogens is 278 g/mol. The van der Waals surface area contributed by atoms with Gasteiger partial charge in [0, 0.05) is 5.69 Å². The monoisotopic (exact) mass is 301 g/mol. The van der Waals surface area contributed by atoms with Gasteiger partial charge in [0.2, 0.25) is 5.89 Å². The second kappa shape index (κ2) is 6.75. The van der Waals surface area contributed by atoms with Crippen LogP contribution in [-0.2, 0) is 0 Å². The average Bonchev–Trinajstić information content (AvgIpc) is 2.99. The second-order valence-electron chi connectivity index (χ2n) is 5.74. The highest BCUT2D eigenvalue weighted by Crippen LogP contribution is 2.21. The van der Waals surface area contributed by atoms with Crippen LogP contribution in [0.15, 0.2) is 28.9 Å². The fourth-order valence-electron chi connectivity index (χ4n) is 2.06. The molecule has 0 spiro atoms. The van der Waals surface area contributed by atoms with E-state index in [9.17, 15) is 4.79 Å². The summed E-state index contributed by atoms with van der Waals surface area (Å²) in [5, 5.41) is 2.82. The lowest BCUT2D eigenvalue weighted by molar-refractivity contribution is 0.102. The molecule has 1 heterocycles. The molecule has 1 aromatic carbocycles. The first-order valence-electron chi connectivity index (χ1n) is 7.52. The topological polar surface area (TPSA) is 81.1 Å².